The molecule has 7 N–H and O–H groups in total. The van der Waals surface area contributed by atoms with Gasteiger partial charge >= 0.3 is 0 Å². The molecule has 1 aliphatic carbocycles. The highest BCUT2D eigenvalue weighted by Crippen LogP contribution is 2.40. The first-order chi connectivity index (χ1) is 15.2. The van der Waals surface area contributed by atoms with Gasteiger partial charge in [0.05, 0.1) is 24.3 Å². The molecule has 11 nitrogen and oxygen atoms in total. The zero-order chi connectivity index (χ0) is 23.3. The molecular weight excluding hydrogens is 428 g/mol. The number of benzene rings is 2. The molecule has 1 heterocycles. The summed E-state index contributed by atoms with van der Waals surface area (Å²) < 4.78 is 10.7. The van der Waals surface area contributed by atoms with Gasteiger partial charge in [-0.05, 0) is 23.8 Å². The van der Waals surface area contributed by atoms with Crippen LogP contribution >= 0.6 is 0 Å². The van der Waals surface area contributed by atoms with Crippen LogP contribution in [0.3, 0.4) is 0 Å². The number of aliphatic hydroxyl groups excluding tert-OH is 5. The van der Waals surface area contributed by atoms with Gasteiger partial charge in [0.1, 0.15) is 41.7 Å². The summed E-state index contributed by atoms with van der Waals surface area (Å²) in [7, 11) is 0. The number of ether oxygens (including phenoxy) is 2. The number of hydrogen-bond donors (Lipinski definition) is 7. The minimum Gasteiger partial charge on any atom is -0.507 e. The van der Waals surface area contributed by atoms with E-state index in [0.717, 1.165) is 18.2 Å². The van der Waals surface area contributed by atoms with Crippen molar-refractivity contribution in [3.63, 3.8) is 0 Å². The summed E-state index contributed by atoms with van der Waals surface area (Å²) in [5.74, 6) is -2.91. The molecule has 4 rings (SSSR count). The minimum atomic E-state index is -1.73. The normalized spacial score (nSPS) is 27.1. The standard InChI is InChI=1S/C21H20O11/c22-5-7-1-9-14(11(24)2-7)18(28)15-10(16(9)26)3-8(4-12(15)25)31-21-20(30)19(29)17(27)13(6-23)32-21/h1-4,13,17,19-25,27,29-30H,5-6H2/t13-,17-,19+,20-,21-/m1/s1. The first-order valence-electron chi connectivity index (χ1n) is 9.58. The fourth-order valence-electron chi connectivity index (χ4n) is 3.85. The predicted molar refractivity (Wildman–Crippen MR) is 103 cm³/mol. The Labute approximate surface area is 180 Å². The number of phenols is 2. The molecule has 11 heteroatoms. The smallest absolute Gasteiger partial charge is 0.229 e. The number of carbonyl (C=O) groups excluding carboxylic acids is 2. The number of rotatable bonds is 4. The Bertz CT molecular complexity index is 1090. The van der Waals surface area contributed by atoms with Crippen molar-refractivity contribution < 1.29 is 54.8 Å². The lowest BCUT2D eigenvalue weighted by atomic mass is 9.82. The average Bonchev–Trinajstić information content (AvgIpc) is 2.76. The van der Waals surface area contributed by atoms with Gasteiger partial charge in [0, 0.05) is 17.2 Å². The second kappa shape index (κ2) is 8.13. The van der Waals surface area contributed by atoms with E-state index in [1.54, 1.807) is 0 Å². The van der Waals surface area contributed by atoms with E-state index in [-0.39, 0.29) is 33.6 Å². The quantitative estimate of drug-likeness (QED) is 0.247. The van der Waals surface area contributed by atoms with Gasteiger partial charge in [-0.25, -0.2) is 0 Å². The van der Waals surface area contributed by atoms with E-state index in [1.807, 2.05) is 0 Å². The molecule has 1 saturated heterocycles. The van der Waals surface area contributed by atoms with E-state index in [9.17, 15) is 45.3 Å². The van der Waals surface area contributed by atoms with E-state index in [4.69, 9.17) is 9.47 Å². The van der Waals surface area contributed by atoms with Crippen molar-refractivity contribution in [2.75, 3.05) is 6.61 Å². The Balaban J connectivity index is 1.72. The van der Waals surface area contributed by atoms with Crippen LogP contribution in [0.2, 0.25) is 0 Å². The minimum absolute atomic E-state index is 0.170. The topological polar surface area (TPSA) is 194 Å². The van der Waals surface area contributed by atoms with Crippen LogP contribution in [-0.4, -0.2) is 84.6 Å². The molecule has 0 bridgehead atoms. The second-order valence-corrected chi connectivity index (χ2v) is 7.53. The van der Waals surface area contributed by atoms with Gasteiger partial charge in [-0.15, -0.1) is 0 Å². The molecule has 0 spiro atoms. The molecular formula is C21H20O11. The SMILES string of the molecule is O=C1c2cc(CO)cc(O)c2C(=O)c2c(O)cc(O[C@@H]3O[C@H](CO)[C@@H](O)[C@H](O)[C@H]3O)cc21. The number of aliphatic hydroxyl groups is 5. The van der Waals surface area contributed by atoms with Gasteiger partial charge < -0.3 is 45.2 Å². The van der Waals surface area contributed by atoms with Crippen molar-refractivity contribution >= 4 is 11.6 Å². The first kappa shape index (κ1) is 22.1. The molecule has 0 aromatic heterocycles. The molecule has 170 valence electrons. The summed E-state index contributed by atoms with van der Waals surface area (Å²) in [5.41, 5.74) is -0.899. The van der Waals surface area contributed by atoms with Crippen molar-refractivity contribution in [2.45, 2.75) is 37.3 Å². The third-order valence-corrected chi connectivity index (χ3v) is 5.50. The van der Waals surface area contributed by atoms with Crippen molar-refractivity contribution in [2.24, 2.45) is 0 Å². The van der Waals surface area contributed by atoms with Crippen LogP contribution in [0.5, 0.6) is 17.2 Å². The van der Waals surface area contributed by atoms with Crippen LogP contribution in [-0.2, 0) is 11.3 Å². The number of phenolic OH excluding ortho intramolecular Hbond substituents is 2. The van der Waals surface area contributed by atoms with Crippen molar-refractivity contribution in [1.29, 1.82) is 0 Å². The molecule has 0 radical (unpaired) electrons. The highest BCUT2D eigenvalue weighted by atomic mass is 16.7. The number of ketones is 2. The molecule has 1 fully saturated rings. The van der Waals surface area contributed by atoms with Crippen LogP contribution in [0.25, 0.3) is 0 Å². The second-order valence-electron chi connectivity index (χ2n) is 7.53. The Morgan fingerprint density at radius 3 is 2.06 bits per heavy atom. The van der Waals surface area contributed by atoms with Crippen LogP contribution in [0.4, 0.5) is 0 Å². The van der Waals surface area contributed by atoms with Crippen LogP contribution in [0.15, 0.2) is 24.3 Å². The summed E-state index contributed by atoms with van der Waals surface area (Å²) >= 11 is 0. The number of carbonyl (C=O) groups is 2. The monoisotopic (exact) mass is 448 g/mol. The highest BCUT2D eigenvalue weighted by molar-refractivity contribution is 6.30. The van der Waals surface area contributed by atoms with Gasteiger partial charge in [-0.1, -0.05) is 0 Å². The summed E-state index contributed by atoms with van der Waals surface area (Å²) in [4.78, 5) is 25.9. The van der Waals surface area contributed by atoms with Crippen LogP contribution in [0, 0.1) is 0 Å². The largest absolute Gasteiger partial charge is 0.507 e. The summed E-state index contributed by atoms with van der Waals surface area (Å²) in [6.45, 7) is -1.17. The lowest BCUT2D eigenvalue weighted by molar-refractivity contribution is -0.277. The third-order valence-electron chi connectivity index (χ3n) is 5.50. The maximum atomic E-state index is 13.0. The van der Waals surface area contributed by atoms with E-state index in [2.05, 4.69) is 0 Å². The lowest BCUT2D eigenvalue weighted by Gasteiger charge is -2.39. The van der Waals surface area contributed by atoms with Crippen molar-refractivity contribution in [1.82, 2.24) is 0 Å². The number of fused-ring (bicyclic) bond motifs is 2. The molecule has 32 heavy (non-hydrogen) atoms. The van der Waals surface area contributed by atoms with Crippen LogP contribution < -0.4 is 4.74 Å². The predicted octanol–water partition coefficient (Wildman–Crippen LogP) is -1.46. The van der Waals surface area contributed by atoms with Gasteiger partial charge in [-0.3, -0.25) is 9.59 Å². The zero-order valence-electron chi connectivity index (χ0n) is 16.4. The Morgan fingerprint density at radius 1 is 0.812 bits per heavy atom. The summed E-state index contributed by atoms with van der Waals surface area (Å²) in [6, 6.07) is 4.49. The van der Waals surface area contributed by atoms with E-state index < -0.39 is 67.0 Å². The Hall–Kier alpha value is -3.06. The van der Waals surface area contributed by atoms with Crippen LogP contribution in [0.1, 0.15) is 37.4 Å². The molecule has 0 unspecified atom stereocenters. The maximum Gasteiger partial charge on any atom is 0.229 e. The molecule has 5 atom stereocenters. The Kier molecular flexibility index (Phi) is 5.63. The van der Waals surface area contributed by atoms with Gasteiger partial charge in [0.25, 0.3) is 0 Å². The fourth-order valence-corrected chi connectivity index (χ4v) is 3.85. The van der Waals surface area contributed by atoms with Gasteiger partial charge in [0.15, 0.2) is 5.78 Å². The molecule has 2 aliphatic rings. The third kappa shape index (κ3) is 3.41. The van der Waals surface area contributed by atoms with E-state index in [1.165, 1.54) is 6.07 Å². The molecule has 1 aliphatic heterocycles. The lowest BCUT2D eigenvalue weighted by Crippen LogP contribution is -2.60. The Morgan fingerprint density at radius 2 is 1.44 bits per heavy atom. The van der Waals surface area contributed by atoms with E-state index >= 15 is 0 Å². The molecule has 0 amide bonds. The fraction of sp³-hybridized carbons (Fsp3) is 0.333. The highest BCUT2D eigenvalue weighted by Gasteiger charge is 2.45. The molecule has 0 saturated carbocycles. The molecule has 2 aromatic rings. The van der Waals surface area contributed by atoms with E-state index in [0.29, 0.717) is 0 Å². The zero-order valence-corrected chi connectivity index (χ0v) is 16.4. The summed E-state index contributed by atoms with van der Waals surface area (Å²) in [6.07, 6.45) is -7.84. The van der Waals surface area contributed by atoms with Gasteiger partial charge in [0.2, 0.25) is 12.1 Å². The van der Waals surface area contributed by atoms with Crippen molar-refractivity contribution in [3.8, 4) is 17.2 Å². The average molecular weight is 448 g/mol. The summed E-state index contributed by atoms with van der Waals surface area (Å²) in [5, 5.41) is 69.1. The number of hydrogen-bond acceptors (Lipinski definition) is 11. The first-order valence-corrected chi connectivity index (χ1v) is 9.58. The number of aromatic hydroxyl groups is 2. The maximum absolute atomic E-state index is 13.0. The molecule has 2 aromatic carbocycles. The van der Waals surface area contributed by atoms with Gasteiger partial charge in [-0.2, -0.15) is 0 Å². The van der Waals surface area contributed by atoms with Crippen molar-refractivity contribution in [3.05, 3.63) is 52.1 Å².